The Morgan fingerprint density at radius 1 is 1.25 bits per heavy atom. The molecule has 2 nitrogen and oxygen atoms in total. The number of hydrogen-bond acceptors (Lipinski definition) is 2. The van der Waals surface area contributed by atoms with E-state index in [1.54, 1.807) is 12.1 Å². The van der Waals surface area contributed by atoms with Crippen LogP contribution in [0.4, 0.5) is 8.78 Å². The molecular formula is C16H24F2N2. The number of nitrogens with zero attached hydrogens (tertiary/aromatic N) is 1. The van der Waals surface area contributed by atoms with E-state index in [0.717, 1.165) is 32.2 Å². The lowest BCUT2D eigenvalue weighted by Crippen LogP contribution is -2.52. The first-order valence-electron chi connectivity index (χ1n) is 7.37. The van der Waals surface area contributed by atoms with E-state index in [1.165, 1.54) is 6.07 Å². The summed E-state index contributed by atoms with van der Waals surface area (Å²) < 4.78 is 27.8. The molecule has 1 aromatic carbocycles. The number of nitrogens with one attached hydrogen (secondary N) is 1. The van der Waals surface area contributed by atoms with Gasteiger partial charge in [-0.3, -0.25) is 0 Å². The largest absolute Gasteiger partial charge is 0.309 e. The first-order valence-corrected chi connectivity index (χ1v) is 7.37. The van der Waals surface area contributed by atoms with Gasteiger partial charge < -0.3 is 10.2 Å². The molecular weight excluding hydrogens is 258 g/mol. The summed E-state index contributed by atoms with van der Waals surface area (Å²) in [6, 6.07) is 4.30. The van der Waals surface area contributed by atoms with E-state index in [1.807, 2.05) is 21.0 Å². The summed E-state index contributed by atoms with van der Waals surface area (Å²) in [5.41, 5.74) is 0.312. The minimum absolute atomic E-state index is 0.134. The van der Waals surface area contributed by atoms with Gasteiger partial charge in [0.05, 0.1) is 6.04 Å². The van der Waals surface area contributed by atoms with Crippen LogP contribution in [0.2, 0.25) is 0 Å². The highest BCUT2D eigenvalue weighted by Crippen LogP contribution is 2.44. The average molecular weight is 282 g/mol. The molecule has 2 rings (SSSR count). The molecule has 1 fully saturated rings. The Balaban J connectivity index is 2.47. The highest BCUT2D eigenvalue weighted by atomic mass is 19.2. The normalized spacial score (nSPS) is 19.5. The zero-order valence-corrected chi connectivity index (χ0v) is 12.5. The summed E-state index contributed by atoms with van der Waals surface area (Å²) in [7, 11) is 4.07. The van der Waals surface area contributed by atoms with Crippen LogP contribution >= 0.6 is 0 Å². The second kappa shape index (κ2) is 6.19. The third kappa shape index (κ3) is 2.59. The molecule has 1 N–H and O–H groups in total. The van der Waals surface area contributed by atoms with E-state index >= 15 is 0 Å². The molecule has 4 heteroatoms. The van der Waals surface area contributed by atoms with Crippen LogP contribution < -0.4 is 5.32 Å². The van der Waals surface area contributed by atoms with Crippen molar-refractivity contribution in [1.29, 1.82) is 0 Å². The van der Waals surface area contributed by atoms with E-state index in [4.69, 9.17) is 0 Å². The maximum Gasteiger partial charge on any atom is 0.163 e. The van der Waals surface area contributed by atoms with E-state index in [-0.39, 0.29) is 11.6 Å². The van der Waals surface area contributed by atoms with Crippen LogP contribution in [0.5, 0.6) is 0 Å². The third-order valence-corrected chi connectivity index (χ3v) is 4.60. The Morgan fingerprint density at radius 3 is 2.45 bits per heavy atom. The van der Waals surface area contributed by atoms with Crippen molar-refractivity contribution in [3.8, 4) is 0 Å². The molecule has 1 aromatic rings. The molecule has 1 unspecified atom stereocenters. The topological polar surface area (TPSA) is 15.3 Å². The van der Waals surface area contributed by atoms with Crippen molar-refractivity contribution in [2.24, 2.45) is 0 Å². The van der Waals surface area contributed by atoms with Crippen LogP contribution in [0.1, 0.15) is 44.2 Å². The summed E-state index contributed by atoms with van der Waals surface area (Å²) >= 11 is 0. The number of benzene rings is 1. The standard InChI is InChI=1S/C16H24F2N2/c1-4-19-15(12-8-7-9-13(17)14(12)18)16(20(2)3)10-5-6-11-16/h7-9,15,19H,4-6,10-11H2,1-3H3. The van der Waals surface area contributed by atoms with Gasteiger partial charge in [-0.15, -0.1) is 0 Å². The zero-order chi connectivity index (χ0) is 14.8. The maximum absolute atomic E-state index is 14.2. The van der Waals surface area contributed by atoms with Crippen molar-refractivity contribution in [2.45, 2.75) is 44.2 Å². The molecule has 0 heterocycles. The molecule has 0 bridgehead atoms. The minimum atomic E-state index is -0.766. The lowest BCUT2D eigenvalue weighted by molar-refractivity contribution is 0.103. The molecule has 1 aliphatic carbocycles. The van der Waals surface area contributed by atoms with Gasteiger partial charge in [-0.05, 0) is 39.5 Å². The number of rotatable bonds is 5. The van der Waals surface area contributed by atoms with Crippen molar-refractivity contribution in [1.82, 2.24) is 10.2 Å². The van der Waals surface area contributed by atoms with Crippen LogP contribution in [-0.2, 0) is 0 Å². The van der Waals surface area contributed by atoms with E-state index in [9.17, 15) is 8.78 Å². The van der Waals surface area contributed by atoms with Gasteiger partial charge in [0.2, 0.25) is 0 Å². The molecule has 1 atom stereocenters. The fraction of sp³-hybridized carbons (Fsp3) is 0.625. The molecule has 112 valence electrons. The van der Waals surface area contributed by atoms with Gasteiger partial charge >= 0.3 is 0 Å². The van der Waals surface area contributed by atoms with Gasteiger partial charge in [0.25, 0.3) is 0 Å². The molecule has 0 spiro atoms. The first kappa shape index (κ1) is 15.4. The highest BCUT2D eigenvalue weighted by Gasteiger charge is 2.44. The molecule has 20 heavy (non-hydrogen) atoms. The zero-order valence-electron chi connectivity index (χ0n) is 12.5. The molecule has 0 amide bonds. The molecule has 0 saturated heterocycles. The summed E-state index contributed by atoms with van der Waals surface area (Å²) in [6.07, 6.45) is 4.29. The fourth-order valence-corrected chi connectivity index (χ4v) is 3.52. The highest BCUT2D eigenvalue weighted by molar-refractivity contribution is 5.27. The summed E-state index contributed by atoms with van der Waals surface area (Å²) in [5, 5.41) is 3.38. The smallest absolute Gasteiger partial charge is 0.163 e. The van der Waals surface area contributed by atoms with Gasteiger partial charge in [0.1, 0.15) is 0 Å². The quantitative estimate of drug-likeness (QED) is 0.889. The second-order valence-electron chi connectivity index (χ2n) is 5.84. The molecule has 1 aliphatic rings. The minimum Gasteiger partial charge on any atom is -0.309 e. The summed E-state index contributed by atoms with van der Waals surface area (Å²) in [4.78, 5) is 2.18. The van der Waals surface area contributed by atoms with Gasteiger partial charge in [0, 0.05) is 11.1 Å². The number of halogens is 2. The molecule has 0 radical (unpaired) electrons. The van der Waals surface area contributed by atoms with Gasteiger partial charge in [-0.2, -0.15) is 0 Å². The molecule has 0 aliphatic heterocycles. The first-order chi connectivity index (χ1) is 9.53. The van der Waals surface area contributed by atoms with Gasteiger partial charge in [-0.1, -0.05) is 31.9 Å². The van der Waals surface area contributed by atoms with Crippen molar-refractivity contribution in [3.05, 3.63) is 35.4 Å². The fourth-order valence-electron chi connectivity index (χ4n) is 3.52. The van der Waals surface area contributed by atoms with Crippen molar-refractivity contribution >= 4 is 0 Å². The third-order valence-electron chi connectivity index (χ3n) is 4.60. The Kier molecular flexibility index (Phi) is 4.76. The Labute approximate surface area is 120 Å². The van der Waals surface area contributed by atoms with Crippen LogP contribution in [0.3, 0.4) is 0 Å². The summed E-state index contributed by atoms with van der Waals surface area (Å²) in [6.45, 7) is 2.73. The molecule has 1 saturated carbocycles. The van der Waals surface area contributed by atoms with E-state index < -0.39 is 11.6 Å². The Morgan fingerprint density at radius 2 is 1.90 bits per heavy atom. The van der Waals surface area contributed by atoms with Crippen LogP contribution in [0.25, 0.3) is 0 Å². The SMILES string of the molecule is CCNC(c1cccc(F)c1F)C1(N(C)C)CCCC1. The summed E-state index contributed by atoms with van der Waals surface area (Å²) in [5.74, 6) is -1.48. The van der Waals surface area contributed by atoms with Gasteiger partial charge in [0.15, 0.2) is 11.6 Å². The van der Waals surface area contributed by atoms with Crippen LogP contribution in [-0.4, -0.2) is 31.1 Å². The van der Waals surface area contributed by atoms with Crippen molar-refractivity contribution in [3.63, 3.8) is 0 Å². The lowest BCUT2D eigenvalue weighted by Gasteiger charge is -2.44. The average Bonchev–Trinajstić information content (AvgIpc) is 2.90. The second-order valence-corrected chi connectivity index (χ2v) is 5.84. The van der Waals surface area contributed by atoms with E-state index in [2.05, 4.69) is 10.2 Å². The molecule has 0 aromatic heterocycles. The Hall–Kier alpha value is -1.00. The number of hydrogen-bond donors (Lipinski definition) is 1. The van der Waals surface area contributed by atoms with E-state index in [0.29, 0.717) is 5.56 Å². The van der Waals surface area contributed by atoms with Crippen molar-refractivity contribution in [2.75, 3.05) is 20.6 Å². The van der Waals surface area contributed by atoms with Crippen LogP contribution in [0, 0.1) is 11.6 Å². The van der Waals surface area contributed by atoms with Crippen LogP contribution in [0.15, 0.2) is 18.2 Å². The Bertz CT molecular complexity index is 454. The lowest BCUT2D eigenvalue weighted by atomic mass is 9.82. The van der Waals surface area contributed by atoms with Crippen molar-refractivity contribution < 1.29 is 8.78 Å². The predicted octanol–water partition coefficient (Wildman–Crippen LogP) is 3.49. The predicted molar refractivity (Wildman–Crippen MR) is 77.7 cm³/mol. The number of likely N-dealkylation sites (N-methyl/N-ethyl adjacent to an activating group) is 2. The maximum atomic E-state index is 14.2. The monoisotopic (exact) mass is 282 g/mol. The van der Waals surface area contributed by atoms with Gasteiger partial charge in [-0.25, -0.2) is 8.78 Å².